The molecule has 0 saturated heterocycles. The molecule has 7 nitrogen and oxygen atoms in total. The monoisotopic (exact) mass is 376 g/mol. The van der Waals surface area contributed by atoms with Gasteiger partial charge in [-0.05, 0) is 36.1 Å². The first-order valence-electron chi connectivity index (χ1n) is 9.28. The van der Waals surface area contributed by atoms with E-state index in [-0.39, 0.29) is 5.91 Å². The van der Waals surface area contributed by atoms with Gasteiger partial charge in [-0.1, -0.05) is 0 Å². The van der Waals surface area contributed by atoms with Gasteiger partial charge in [-0.25, -0.2) is 0 Å². The molecular weight excluding hydrogens is 344 g/mol. The van der Waals surface area contributed by atoms with E-state index in [1.807, 2.05) is 55.0 Å². The highest BCUT2D eigenvalue weighted by atomic mass is 16.5. The van der Waals surface area contributed by atoms with Crippen LogP contribution >= 0.6 is 0 Å². The predicted molar refractivity (Wildman–Crippen MR) is 108 cm³/mol. The van der Waals surface area contributed by atoms with Crippen molar-refractivity contribution in [2.24, 2.45) is 4.99 Å². The predicted octanol–water partition coefficient (Wildman–Crippen LogP) is 1.85. The van der Waals surface area contributed by atoms with E-state index in [1.165, 1.54) is 5.56 Å². The lowest BCUT2D eigenvalue weighted by Crippen LogP contribution is -2.36. The number of fused-ring (bicyclic) bond motifs is 1. The number of hydrogen-bond donors (Lipinski definition) is 0. The summed E-state index contributed by atoms with van der Waals surface area (Å²) in [4.78, 5) is 23.1. The molecule has 0 fully saturated rings. The molecule has 7 heteroatoms. The summed E-state index contributed by atoms with van der Waals surface area (Å²) in [5.74, 6) is 2.54. The van der Waals surface area contributed by atoms with Crippen molar-refractivity contribution in [1.29, 1.82) is 0 Å². The van der Waals surface area contributed by atoms with Crippen LogP contribution in [0.4, 0.5) is 0 Å². The standard InChI is InChI=1S/C20H32N4O3/c1-22(2)20(23(3)4)21-10-7-8-19(25)24-11-9-15-12-17(26-5)18(27-6)13-16(15)14-24/h12-13H,7-11,14H2,1-6H3. The summed E-state index contributed by atoms with van der Waals surface area (Å²) in [5, 5.41) is 0. The molecule has 1 heterocycles. The molecule has 0 aromatic heterocycles. The van der Waals surface area contributed by atoms with E-state index < -0.39 is 0 Å². The quantitative estimate of drug-likeness (QED) is 0.431. The Kier molecular flexibility index (Phi) is 7.33. The van der Waals surface area contributed by atoms with Crippen LogP contribution in [0.15, 0.2) is 17.1 Å². The number of carbonyl (C=O) groups is 1. The van der Waals surface area contributed by atoms with Gasteiger partial charge in [-0.15, -0.1) is 0 Å². The van der Waals surface area contributed by atoms with Crippen molar-refractivity contribution in [3.63, 3.8) is 0 Å². The highest BCUT2D eigenvalue weighted by Crippen LogP contribution is 2.33. The number of nitrogens with zero attached hydrogens (tertiary/aromatic N) is 4. The maximum Gasteiger partial charge on any atom is 0.222 e. The molecule has 0 spiro atoms. The maximum absolute atomic E-state index is 12.6. The third-order valence-electron chi connectivity index (χ3n) is 4.67. The van der Waals surface area contributed by atoms with Crippen molar-refractivity contribution in [2.45, 2.75) is 25.8 Å². The van der Waals surface area contributed by atoms with Crippen LogP contribution in [0.2, 0.25) is 0 Å². The maximum atomic E-state index is 12.6. The third-order valence-corrected chi connectivity index (χ3v) is 4.67. The molecule has 0 N–H and O–H groups in total. The van der Waals surface area contributed by atoms with Gasteiger partial charge in [0.15, 0.2) is 17.5 Å². The van der Waals surface area contributed by atoms with Crippen LogP contribution in [-0.4, -0.2) is 82.1 Å². The van der Waals surface area contributed by atoms with Crippen LogP contribution in [0.5, 0.6) is 11.5 Å². The molecule has 0 saturated carbocycles. The highest BCUT2D eigenvalue weighted by molar-refractivity contribution is 5.79. The number of ether oxygens (including phenoxy) is 2. The summed E-state index contributed by atoms with van der Waals surface area (Å²) in [7, 11) is 11.2. The van der Waals surface area contributed by atoms with Crippen LogP contribution in [0.1, 0.15) is 24.0 Å². The summed E-state index contributed by atoms with van der Waals surface area (Å²) in [6, 6.07) is 4.01. The Hall–Kier alpha value is -2.44. The number of benzene rings is 1. The molecule has 2 rings (SSSR count). The first kappa shape index (κ1) is 20.9. The number of methoxy groups -OCH3 is 2. The topological polar surface area (TPSA) is 57.6 Å². The molecule has 0 atom stereocenters. The van der Waals surface area contributed by atoms with Crippen LogP contribution in [-0.2, 0) is 17.8 Å². The molecule has 1 amide bonds. The van der Waals surface area contributed by atoms with E-state index in [4.69, 9.17) is 9.47 Å². The average Bonchev–Trinajstić information content (AvgIpc) is 2.65. The lowest BCUT2D eigenvalue weighted by Gasteiger charge is -2.29. The lowest BCUT2D eigenvalue weighted by atomic mass is 9.98. The number of amides is 1. The number of rotatable bonds is 6. The summed E-state index contributed by atoms with van der Waals surface area (Å²) < 4.78 is 10.8. The summed E-state index contributed by atoms with van der Waals surface area (Å²) in [6.45, 7) is 2.01. The second kappa shape index (κ2) is 9.48. The Morgan fingerprint density at radius 2 is 1.67 bits per heavy atom. The minimum absolute atomic E-state index is 0.182. The smallest absolute Gasteiger partial charge is 0.222 e. The molecule has 150 valence electrons. The number of hydrogen-bond acceptors (Lipinski definition) is 4. The zero-order valence-corrected chi connectivity index (χ0v) is 17.4. The third kappa shape index (κ3) is 5.28. The van der Waals surface area contributed by atoms with Crippen LogP contribution in [0, 0.1) is 0 Å². The van der Waals surface area contributed by atoms with E-state index in [0.29, 0.717) is 25.3 Å². The lowest BCUT2D eigenvalue weighted by molar-refractivity contribution is -0.132. The summed E-state index contributed by atoms with van der Waals surface area (Å²) >= 11 is 0. The number of carbonyl (C=O) groups excluding carboxylic acids is 1. The van der Waals surface area contributed by atoms with Gasteiger partial charge < -0.3 is 24.2 Å². The van der Waals surface area contributed by atoms with Crippen molar-refractivity contribution < 1.29 is 14.3 Å². The van der Waals surface area contributed by atoms with Gasteiger partial charge in [0.1, 0.15) is 0 Å². The van der Waals surface area contributed by atoms with Crippen LogP contribution in [0.3, 0.4) is 0 Å². The molecule has 1 aromatic carbocycles. The number of aliphatic imine (C=N–C) groups is 1. The molecule has 1 aliphatic heterocycles. The molecule has 0 bridgehead atoms. The van der Waals surface area contributed by atoms with Gasteiger partial charge in [0.2, 0.25) is 5.91 Å². The second-order valence-electron chi connectivity index (χ2n) is 7.12. The summed E-state index contributed by atoms with van der Waals surface area (Å²) in [5.41, 5.74) is 2.36. The molecular formula is C20H32N4O3. The van der Waals surface area contributed by atoms with E-state index in [9.17, 15) is 4.79 Å². The Labute approximate surface area is 162 Å². The highest BCUT2D eigenvalue weighted by Gasteiger charge is 2.22. The first-order chi connectivity index (χ1) is 12.9. The Morgan fingerprint density at radius 3 is 2.22 bits per heavy atom. The molecule has 0 radical (unpaired) electrons. The van der Waals surface area contributed by atoms with Crippen molar-refractivity contribution in [1.82, 2.24) is 14.7 Å². The van der Waals surface area contributed by atoms with E-state index in [1.54, 1.807) is 14.2 Å². The Morgan fingerprint density at radius 1 is 1.07 bits per heavy atom. The fourth-order valence-corrected chi connectivity index (χ4v) is 3.35. The molecule has 0 aliphatic carbocycles. The largest absolute Gasteiger partial charge is 0.493 e. The zero-order valence-electron chi connectivity index (χ0n) is 17.4. The molecule has 27 heavy (non-hydrogen) atoms. The second-order valence-corrected chi connectivity index (χ2v) is 7.12. The SMILES string of the molecule is COc1cc2c(cc1OC)CN(C(=O)CCCN=C(N(C)C)N(C)C)CC2. The fraction of sp³-hybridized carbons (Fsp3) is 0.600. The molecule has 0 unspecified atom stereocenters. The first-order valence-corrected chi connectivity index (χ1v) is 9.28. The van der Waals surface area contributed by atoms with Crippen LogP contribution in [0.25, 0.3) is 0 Å². The van der Waals surface area contributed by atoms with Crippen molar-refractivity contribution in [2.75, 3.05) is 55.5 Å². The van der Waals surface area contributed by atoms with Gasteiger partial charge in [-0.3, -0.25) is 9.79 Å². The van der Waals surface area contributed by atoms with E-state index in [2.05, 4.69) is 4.99 Å². The molecule has 1 aromatic rings. The molecule has 1 aliphatic rings. The fourth-order valence-electron chi connectivity index (χ4n) is 3.35. The summed E-state index contributed by atoms with van der Waals surface area (Å²) in [6.07, 6.45) is 2.10. The Balaban J connectivity index is 1.93. The Bertz CT molecular complexity index is 676. The van der Waals surface area contributed by atoms with Gasteiger partial charge in [0.25, 0.3) is 0 Å². The van der Waals surface area contributed by atoms with Gasteiger partial charge in [0, 0.05) is 54.2 Å². The minimum Gasteiger partial charge on any atom is -0.493 e. The van der Waals surface area contributed by atoms with Crippen molar-refractivity contribution >= 4 is 11.9 Å². The van der Waals surface area contributed by atoms with Crippen molar-refractivity contribution in [3.05, 3.63) is 23.3 Å². The minimum atomic E-state index is 0.182. The van der Waals surface area contributed by atoms with Crippen molar-refractivity contribution in [3.8, 4) is 11.5 Å². The van der Waals surface area contributed by atoms with E-state index >= 15 is 0 Å². The average molecular weight is 377 g/mol. The van der Waals surface area contributed by atoms with Gasteiger partial charge in [-0.2, -0.15) is 0 Å². The van der Waals surface area contributed by atoms with Gasteiger partial charge >= 0.3 is 0 Å². The normalized spacial score (nSPS) is 12.9. The van der Waals surface area contributed by atoms with Gasteiger partial charge in [0.05, 0.1) is 14.2 Å². The van der Waals surface area contributed by atoms with Crippen LogP contribution < -0.4 is 9.47 Å². The zero-order chi connectivity index (χ0) is 20.0. The number of guanidine groups is 1. The van der Waals surface area contributed by atoms with E-state index in [0.717, 1.165) is 36.7 Å².